The smallest absolute Gasteiger partial charge is 0.337 e. The van der Waals surface area contributed by atoms with E-state index in [4.69, 9.17) is 0 Å². The van der Waals surface area contributed by atoms with Crippen LogP contribution in [0.25, 0.3) is 0 Å². The first-order valence-corrected chi connectivity index (χ1v) is 7.11. The molecule has 0 saturated heterocycles. The molecule has 3 N–H and O–H groups in total. The fourth-order valence-corrected chi connectivity index (χ4v) is 2.72. The summed E-state index contributed by atoms with van der Waals surface area (Å²) in [4.78, 5) is 23.7. The number of carbonyl (C=O) groups excluding carboxylic acids is 1. The third-order valence-corrected chi connectivity index (χ3v) is 3.79. The van der Waals surface area contributed by atoms with Gasteiger partial charge in [0.2, 0.25) is 5.91 Å². The van der Waals surface area contributed by atoms with Gasteiger partial charge in [0.15, 0.2) is 0 Å². The number of hydrogen-bond acceptors (Lipinski definition) is 3. The number of nitrogens with one attached hydrogen (secondary N) is 2. The molecule has 0 aliphatic carbocycles. The van der Waals surface area contributed by atoms with Crippen LogP contribution in [-0.4, -0.2) is 23.5 Å². The minimum absolute atomic E-state index is 0.0833. The summed E-state index contributed by atoms with van der Waals surface area (Å²) in [5.41, 5.74) is 2.48. The van der Waals surface area contributed by atoms with Crippen molar-refractivity contribution in [3.8, 4) is 0 Å². The summed E-state index contributed by atoms with van der Waals surface area (Å²) in [6.07, 6.45) is 0.881. The molecule has 3 rings (SSSR count). The fourth-order valence-electron chi connectivity index (χ4n) is 2.72. The van der Waals surface area contributed by atoms with E-state index < -0.39 is 12.0 Å². The molecular weight excluding hydrogens is 280 g/mol. The van der Waals surface area contributed by atoms with Gasteiger partial charge in [-0.25, -0.2) is 4.79 Å². The van der Waals surface area contributed by atoms with Crippen molar-refractivity contribution >= 4 is 17.6 Å². The Balaban J connectivity index is 1.86. The lowest BCUT2D eigenvalue weighted by molar-refractivity contribution is -0.118. The highest BCUT2D eigenvalue weighted by Gasteiger charge is 2.26. The molecule has 1 aliphatic heterocycles. The van der Waals surface area contributed by atoms with Crippen molar-refractivity contribution in [1.82, 2.24) is 5.32 Å². The molecule has 22 heavy (non-hydrogen) atoms. The predicted octanol–water partition coefficient (Wildman–Crippen LogP) is 2.21. The first-order valence-electron chi connectivity index (χ1n) is 7.11. The molecule has 1 atom stereocenters. The average molecular weight is 296 g/mol. The van der Waals surface area contributed by atoms with E-state index in [0.29, 0.717) is 5.69 Å². The van der Waals surface area contributed by atoms with Crippen LogP contribution in [-0.2, 0) is 11.2 Å². The molecule has 0 aromatic heterocycles. The summed E-state index contributed by atoms with van der Waals surface area (Å²) in [7, 11) is 0. The molecular formula is C17H16N2O3. The van der Waals surface area contributed by atoms with Gasteiger partial charge in [0.25, 0.3) is 0 Å². The number of anilines is 1. The molecule has 112 valence electrons. The van der Waals surface area contributed by atoms with Crippen molar-refractivity contribution in [2.24, 2.45) is 0 Å². The number of rotatable bonds is 3. The summed E-state index contributed by atoms with van der Waals surface area (Å²) < 4.78 is 0. The quantitative estimate of drug-likeness (QED) is 0.811. The van der Waals surface area contributed by atoms with Gasteiger partial charge in [0.05, 0.1) is 11.3 Å². The van der Waals surface area contributed by atoms with E-state index in [9.17, 15) is 14.7 Å². The Labute approximate surface area is 128 Å². The van der Waals surface area contributed by atoms with Gasteiger partial charge in [-0.05, 0) is 29.7 Å². The second-order valence-electron chi connectivity index (χ2n) is 5.18. The molecule has 0 bridgehead atoms. The number of carbonyl (C=O) groups is 2. The maximum Gasteiger partial charge on any atom is 0.337 e. The lowest BCUT2D eigenvalue weighted by Gasteiger charge is -2.26. The van der Waals surface area contributed by atoms with Crippen molar-refractivity contribution in [3.05, 3.63) is 65.2 Å². The molecule has 5 nitrogen and oxygen atoms in total. The highest BCUT2D eigenvalue weighted by Crippen LogP contribution is 2.24. The zero-order valence-corrected chi connectivity index (χ0v) is 11.9. The Morgan fingerprint density at radius 2 is 1.82 bits per heavy atom. The molecule has 0 fully saturated rings. The van der Waals surface area contributed by atoms with Crippen molar-refractivity contribution < 1.29 is 14.7 Å². The number of benzene rings is 2. The van der Waals surface area contributed by atoms with Crippen LogP contribution in [0, 0.1) is 0 Å². The lowest BCUT2D eigenvalue weighted by atomic mass is 9.94. The van der Waals surface area contributed by atoms with Crippen LogP contribution in [0.5, 0.6) is 0 Å². The summed E-state index contributed by atoms with van der Waals surface area (Å²) in [6.45, 7) is 0.718. The van der Waals surface area contributed by atoms with Crippen molar-refractivity contribution in [3.63, 3.8) is 0 Å². The summed E-state index contributed by atoms with van der Waals surface area (Å²) in [5.74, 6) is -1.31. The molecule has 0 radical (unpaired) electrons. The molecule has 0 spiro atoms. The normalized spacial score (nSPS) is 16.6. The number of carboxylic acid groups (broad SMARTS) is 1. The largest absolute Gasteiger partial charge is 0.478 e. The van der Waals surface area contributed by atoms with Gasteiger partial charge in [-0.2, -0.15) is 0 Å². The zero-order chi connectivity index (χ0) is 15.5. The van der Waals surface area contributed by atoms with E-state index in [-0.39, 0.29) is 11.5 Å². The Kier molecular flexibility index (Phi) is 3.89. The molecule has 1 unspecified atom stereocenters. The number of amides is 1. The third-order valence-electron chi connectivity index (χ3n) is 3.79. The van der Waals surface area contributed by atoms with Gasteiger partial charge < -0.3 is 15.7 Å². The van der Waals surface area contributed by atoms with Crippen LogP contribution in [0.3, 0.4) is 0 Å². The number of carboxylic acids is 1. The van der Waals surface area contributed by atoms with Crippen LogP contribution < -0.4 is 10.6 Å². The van der Waals surface area contributed by atoms with E-state index in [0.717, 1.165) is 24.1 Å². The number of hydrogen-bond donors (Lipinski definition) is 3. The first-order chi connectivity index (χ1) is 10.7. The SMILES string of the molecule is O=C(O)c1ccccc1NC(=O)C1NCCc2ccccc21. The minimum atomic E-state index is -1.06. The molecule has 1 heterocycles. The van der Waals surface area contributed by atoms with Crippen LogP contribution in [0.1, 0.15) is 27.5 Å². The van der Waals surface area contributed by atoms with Gasteiger partial charge in [-0.1, -0.05) is 36.4 Å². The van der Waals surface area contributed by atoms with Crippen LogP contribution in [0.2, 0.25) is 0 Å². The monoisotopic (exact) mass is 296 g/mol. The minimum Gasteiger partial charge on any atom is -0.478 e. The topological polar surface area (TPSA) is 78.4 Å². The third kappa shape index (κ3) is 2.71. The zero-order valence-electron chi connectivity index (χ0n) is 11.9. The second-order valence-corrected chi connectivity index (χ2v) is 5.18. The van der Waals surface area contributed by atoms with Crippen molar-refractivity contribution in [2.45, 2.75) is 12.5 Å². The second kappa shape index (κ2) is 5.99. The lowest BCUT2D eigenvalue weighted by Crippen LogP contribution is -2.38. The maximum absolute atomic E-state index is 12.5. The van der Waals surface area contributed by atoms with Gasteiger partial charge >= 0.3 is 5.97 Å². The van der Waals surface area contributed by atoms with Crippen LogP contribution in [0.4, 0.5) is 5.69 Å². The molecule has 0 saturated carbocycles. The number of aromatic carboxylic acids is 1. The van der Waals surface area contributed by atoms with Crippen molar-refractivity contribution in [2.75, 3.05) is 11.9 Å². The number of para-hydroxylation sites is 1. The summed E-state index contributed by atoms with van der Waals surface area (Å²) >= 11 is 0. The molecule has 2 aromatic carbocycles. The molecule has 2 aromatic rings. The van der Waals surface area contributed by atoms with E-state index in [1.807, 2.05) is 24.3 Å². The van der Waals surface area contributed by atoms with Gasteiger partial charge in [0.1, 0.15) is 6.04 Å². The van der Waals surface area contributed by atoms with Crippen molar-refractivity contribution in [1.29, 1.82) is 0 Å². The van der Waals surface area contributed by atoms with E-state index in [2.05, 4.69) is 10.6 Å². The van der Waals surface area contributed by atoms with Gasteiger partial charge in [-0.3, -0.25) is 4.79 Å². The van der Waals surface area contributed by atoms with E-state index >= 15 is 0 Å². The standard InChI is InChI=1S/C17H16N2O3/c20-16(19-14-8-4-3-7-13(14)17(21)22)15-12-6-2-1-5-11(12)9-10-18-15/h1-8,15,18H,9-10H2,(H,19,20)(H,21,22). The molecule has 1 amide bonds. The predicted molar refractivity (Wildman–Crippen MR) is 82.9 cm³/mol. The van der Waals surface area contributed by atoms with Gasteiger partial charge in [0, 0.05) is 6.54 Å². The van der Waals surface area contributed by atoms with E-state index in [1.54, 1.807) is 18.2 Å². The summed E-state index contributed by atoms with van der Waals surface area (Å²) in [5, 5.41) is 15.1. The average Bonchev–Trinajstić information content (AvgIpc) is 2.54. The fraction of sp³-hybridized carbons (Fsp3) is 0.176. The Bertz CT molecular complexity index is 727. The van der Waals surface area contributed by atoms with Gasteiger partial charge in [-0.15, -0.1) is 0 Å². The highest BCUT2D eigenvalue weighted by molar-refractivity contribution is 6.02. The number of fused-ring (bicyclic) bond motifs is 1. The first kappa shape index (κ1) is 14.3. The van der Waals surface area contributed by atoms with E-state index in [1.165, 1.54) is 6.07 Å². The molecule has 1 aliphatic rings. The maximum atomic E-state index is 12.5. The Morgan fingerprint density at radius 1 is 1.09 bits per heavy atom. The van der Waals surface area contributed by atoms with Crippen LogP contribution in [0.15, 0.2) is 48.5 Å². The Hall–Kier alpha value is -2.66. The summed E-state index contributed by atoms with van der Waals surface area (Å²) in [6, 6.07) is 13.7. The molecule has 5 heteroatoms. The van der Waals surface area contributed by atoms with Crippen LogP contribution >= 0.6 is 0 Å². The highest BCUT2D eigenvalue weighted by atomic mass is 16.4. The Morgan fingerprint density at radius 3 is 2.64 bits per heavy atom.